The smallest absolute Gasteiger partial charge is 0.277 e. The number of aryl methyl sites for hydroxylation is 1. The molecule has 0 radical (unpaired) electrons. The fourth-order valence-corrected chi connectivity index (χ4v) is 3.32. The van der Waals surface area contributed by atoms with Crippen molar-refractivity contribution in [1.82, 2.24) is 5.43 Å². The summed E-state index contributed by atoms with van der Waals surface area (Å²) in [7, 11) is 1.60. The van der Waals surface area contributed by atoms with Crippen LogP contribution in [0.25, 0.3) is 0 Å². The van der Waals surface area contributed by atoms with Crippen molar-refractivity contribution in [3.8, 4) is 17.2 Å². The quantitative estimate of drug-likeness (QED) is 0.228. The number of rotatable bonds is 13. The van der Waals surface area contributed by atoms with Crippen LogP contribution in [-0.2, 0) is 11.2 Å². The second-order valence-electron chi connectivity index (χ2n) is 7.01. The Bertz CT molecular complexity index is 871. The Kier molecular flexibility index (Phi) is 10.9. The van der Waals surface area contributed by atoms with Gasteiger partial charge in [-0.2, -0.15) is 5.10 Å². The van der Waals surface area contributed by atoms with Gasteiger partial charge in [-0.05, 0) is 60.4 Å². The van der Waals surface area contributed by atoms with Gasteiger partial charge in [0.1, 0.15) is 5.75 Å². The second-order valence-corrected chi connectivity index (χ2v) is 7.92. The first-order chi connectivity index (χ1) is 15.1. The Morgan fingerprint density at radius 3 is 2.58 bits per heavy atom. The standard InChI is InChI=1S/C24H31BrN2O4/c1-4-6-7-8-13-30-22-11-9-18(14-23(22)29-3)16-26-27-24(28)17-31-21-12-10-20(25)15-19(21)5-2/h9-12,14-16H,4-8,13,17H2,1-3H3,(H,27,28)/b26-16+. The van der Waals surface area contributed by atoms with Gasteiger partial charge in [0, 0.05) is 4.47 Å². The van der Waals surface area contributed by atoms with Gasteiger partial charge in [-0.25, -0.2) is 5.43 Å². The van der Waals surface area contributed by atoms with Crippen LogP contribution >= 0.6 is 15.9 Å². The van der Waals surface area contributed by atoms with Gasteiger partial charge in [0.05, 0.1) is 19.9 Å². The van der Waals surface area contributed by atoms with Crippen molar-refractivity contribution in [1.29, 1.82) is 0 Å². The molecule has 0 aliphatic heterocycles. The SMILES string of the molecule is CCCCCCOc1ccc(/C=N/NC(=O)COc2ccc(Br)cc2CC)cc1OC. The van der Waals surface area contributed by atoms with Crippen molar-refractivity contribution in [3.63, 3.8) is 0 Å². The van der Waals surface area contributed by atoms with Crippen LogP contribution in [0.3, 0.4) is 0 Å². The minimum Gasteiger partial charge on any atom is -0.493 e. The summed E-state index contributed by atoms with van der Waals surface area (Å²) in [5.74, 6) is 1.70. The highest BCUT2D eigenvalue weighted by atomic mass is 79.9. The molecular weight excluding hydrogens is 460 g/mol. The molecule has 0 heterocycles. The molecule has 2 aromatic carbocycles. The normalized spacial score (nSPS) is 10.8. The van der Waals surface area contributed by atoms with Gasteiger partial charge >= 0.3 is 0 Å². The first-order valence-corrected chi connectivity index (χ1v) is 11.4. The van der Waals surface area contributed by atoms with Gasteiger partial charge in [0.25, 0.3) is 5.91 Å². The molecule has 1 N–H and O–H groups in total. The molecule has 7 heteroatoms. The fourth-order valence-electron chi connectivity index (χ4n) is 2.91. The van der Waals surface area contributed by atoms with Gasteiger partial charge < -0.3 is 14.2 Å². The number of methoxy groups -OCH3 is 1. The molecule has 0 aromatic heterocycles. The number of halogens is 1. The van der Waals surface area contributed by atoms with E-state index in [0.29, 0.717) is 23.9 Å². The number of ether oxygens (including phenoxy) is 3. The third kappa shape index (κ3) is 8.61. The molecule has 31 heavy (non-hydrogen) atoms. The third-order valence-electron chi connectivity index (χ3n) is 4.61. The first kappa shape index (κ1) is 24.7. The van der Waals surface area contributed by atoms with Gasteiger partial charge in [-0.15, -0.1) is 0 Å². The van der Waals surface area contributed by atoms with Crippen molar-refractivity contribution < 1.29 is 19.0 Å². The van der Waals surface area contributed by atoms with E-state index in [1.165, 1.54) is 12.8 Å². The lowest BCUT2D eigenvalue weighted by atomic mass is 10.1. The van der Waals surface area contributed by atoms with E-state index in [1.807, 2.05) is 43.3 Å². The summed E-state index contributed by atoms with van der Waals surface area (Å²) in [6.45, 7) is 4.78. The van der Waals surface area contributed by atoms with Crippen LogP contribution in [0.5, 0.6) is 17.2 Å². The maximum absolute atomic E-state index is 12.0. The zero-order valence-electron chi connectivity index (χ0n) is 18.4. The number of carbonyl (C=O) groups is 1. The molecule has 0 saturated carbocycles. The van der Waals surface area contributed by atoms with E-state index in [0.717, 1.165) is 34.9 Å². The summed E-state index contributed by atoms with van der Waals surface area (Å²) in [5.41, 5.74) is 4.30. The number of unbranched alkanes of at least 4 members (excludes halogenated alkanes) is 3. The lowest BCUT2D eigenvalue weighted by Crippen LogP contribution is -2.24. The van der Waals surface area contributed by atoms with Gasteiger partial charge in [-0.1, -0.05) is 49.0 Å². The molecule has 0 aliphatic rings. The van der Waals surface area contributed by atoms with E-state index in [2.05, 4.69) is 33.4 Å². The van der Waals surface area contributed by atoms with Gasteiger partial charge in [0.15, 0.2) is 18.1 Å². The minimum atomic E-state index is -0.333. The Balaban J connectivity index is 1.84. The maximum Gasteiger partial charge on any atom is 0.277 e. The molecule has 0 fully saturated rings. The number of nitrogens with one attached hydrogen (secondary N) is 1. The number of carbonyl (C=O) groups excluding carboxylic acids is 1. The zero-order chi connectivity index (χ0) is 22.5. The topological polar surface area (TPSA) is 69.2 Å². The van der Waals surface area contributed by atoms with Crippen molar-refractivity contribution in [2.45, 2.75) is 46.0 Å². The molecule has 2 aromatic rings. The lowest BCUT2D eigenvalue weighted by Gasteiger charge is -2.11. The number of hydrazone groups is 1. The summed E-state index contributed by atoms with van der Waals surface area (Å²) < 4.78 is 17.8. The molecule has 0 saturated heterocycles. The second kappa shape index (κ2) is 13.7. The van der Waals surface area contributed by atoms with Crippen molar-refractivity contribution >= 4 is 28.1 Å². The third-order valence-corrected chi connectivity index (χ3v) is 5.10. The van der Waals surface area contributed by atoms with Crippen LogP contribution < -0.4 is 19.6 Å². The Hall–Kier alpha value is -2.54. The number of benzene rings is 2. The fraction of sp³-hybridized carbons (Fsp3) is 0.417. The summed E-state index contributed by atoms with van der Waals surface area (Å²) >= 11 is 3.44. The van der Waals surface area contributed by atoms with Crippen LogP contribution in [0.15, 0.2) is 46.0 Å². The molecule has 0 unspecified atom stereocenters. The first-order valence-electron chi connectivity index (χ1n) is 10.6. The molecule has 168 valence electrons. The zero-order valence-corrected chi connectivity index (χ0v) is 20.0. The monoisotopic (exact) mass is 490 g/mol. The number of hydrogen-bond donors (Lipinski definition) is 1. The van der Waals surface area contributed by atoms with E-state index in [-0.39, 0.29) is 12.5 Å². The number of hydrogen-bond acceptors (Lipinski definition) is 5. The van der Waals surface area contributed by atoms with E-state index >= 15 is 0 Å². The highest BCUT2D eigenvalue weighted by molar-refractivity contribution is 9.10. The Morgan fingerprint density at radius 2 is 1.84 bits per heavy atom. The highest BCUT2D eigenvalue weighted by Gasteiger charge is 2.07. The summed E-state index contributed by atoms with van der Waals surface area (Å²) in [6.07, 6.45) is 6.97. The average Bonchev–Trinajstić information content (AvgIpc) is 2.78. The molecule has 0 atom stereocenters. The molecule has 0 bridgehead atoms. The van der Waals surface area contributed by atoms with Crippen LogP contribution in [0, 0.1) is 0 Å². The molecule has 2 rings (SSSR count). The van der Waals surface area contributed by atoms with E-state index in [9.17, 15) is 4.79 Å². The molecule has 0 spiro atoms. The van der Waals surface area contributed by atoms with E-state index < -0.39 is 0 Å². The summed E-state index contributed by atoms with van der Waals surface area (Å²) in [6, 6.07) is 11.3. The lowest BCUT2D eigenvalue weighted by molar-refractivity contribution is -0.123. The predicted octanol–water partition coefficient (Wildman–Crippen LogP) is 5.51. The van der Waals surface area contributed by atoms with Crippen molar-refractivity contribution in [2.24, 2.45) is 5.10 Å². The number of nitrogens with zero attached hydrogens (tertiary/aromatic N) is 1. The Labute approximate surface area is 193 Å². The van der Waals surface area contributed by atoms with Crippen LogP contribution in [-0.4, -0.2) is 32.4 Å². The molecule has 1 amide bonds. The summed E-state index contributed by atoms with van der Waals surface area (Å²) in [5, 5.41) is 4.00. The predicted molar refractivity (Wildman–Crippen MR) is 127 cm³/mol. The highest BCUT2D eigenvalue weighted by Crippen LogP contribution is 2.28. The van der Waals surface area contributed by atoms with Crippen molar-refractivity contribution in [2.75, 3.05) is 20.3 Å². The largest absolute Gasteiger partial charge is 0.493 e. The van der Waals surface area contributed by atoms with Crippen LogP contribution in [0.1, 0.15) is 50.7 Å². The summed E-state index contributed by atoms with van der Waals surface area (Å²) in [4.78, 5) is 12.0. The van der Waals surface area contributed by atoms with E-state index in [4.69, 9.17) is 14.2 Å². The van der Waals surface area contributed by atoms with Crippen LogP contribution in [0.4, 0.5) is 0 Å². The van der Waals surface area contributed by atoms with Crippen LogP contribution in [0.2, 0.25) is 0 Å². The average molecular weight is 491 g/mol. The van der Waals surface area contributed by atoms with Gasteiger partial charge in [0.2, 0.25) is 0 Å². The Morgan fingerprint density at radius 1 is 1.03 bits per heavy atom. The molecular formula is C24H31BrN2O4. The minimum absolute atomic E-state index is 0.111. The maximum atomic E-state index is 12.0. The van der Waals surface area contributed by atoms with E-state index in [1.54, 1.807) is 13.3 Å². The van der Waals surface area contributed by atoms with Crippen molar-refractivity contribution in [3.05, 3.63) is 52.0 Å². The molecule has 6 nitrogen and oxygen atoms in total. The number of amides is 1. The molecule has 0 aliphatic carbocycles. The van der Waals surface area contributed by atoms with Gasteiger partial charge in [-0.3, -0.25) is 4.79 Å².